The van der Waals surface area contributed by atoms with Crippen molar-refractivity contribution in [1.82, 2.24) is 10.3 Å². The van der Waals surface area contributed by atoms with Crippen LogP contribution in [0.1, 0.15) is 27.2 Å². The monoisotopic (exact) mass is 449 g/mol. The molecule has 6 nitrogen and oxygen atoms in total. The normalized spacial score (nSPS) is 13.9. The predicted octanol–water partition coefficient (Wildman–Crippen LogP) is 3.29. The van der Waals surface area contributed by atoms with Gasteiger partial charge in [0.2, 0.25) is 0 Å². The maximum absolute atomic E-state index is 14.8. The number of aliphatic imine (C=N–C) groups is 1. The van der Waals surface area contributed by atoms with E-state index in [0.29, 0.717) is 11.4 Å². The number of aromatic hydroxyl groups is 1. The molecule has 0 spiro atoms. The highest BCUT2D eigenvalue weighted by Crippen LogP contribution is 2.25. The average molecular weight is 449 g/mol. The van der Waals surface area contributed by atoms with E-state index in [2.05, 4.69) is 15.3 Å². The lowest BCUT2D eigenvalue weighted by Crippen LogP contribution is -2.40. The molecular formula is C25H21F2N3O3. The van der Waals surface area contributed by atoms with Crippen LogP contribution in [0.4, 0.5) is 8.78 Å². The van der Waals surface area contributed by atoms with E-state index < -0.39 is 24.4 Å². The lowest BCUT2D eigenvalue weighted by atomic mass is 9.99. The molecule has 0 radical (unpaired) electrons. The summed E-state index contributed by atoms with van der Waals surface area (Å²) < 4.78 is 28.1. The number of pyridine rings is 1. The molecule has 0 bridgehead atoms. The largest absolute Gasteiger partial charge is 0.506 e. The van der Waals surface area contributed by atoms with Crippen molar-refractivity contribution in [3.63, 3.8) is 0 Å². The van der Waals surface area contributed by atoms with E-state index in [9.17, 15) is 23.8 Å². The van der Waals surface area contributed by atoms with Crippen molar-refractivity contribution in [3.05, 3.63) is 101 Å². The molecule has 0 unspecified atom stereocenters. The van der Waals surface area contributed by atoms with Crippen LogP contribution in [-0.2, 0) is 6.42 Å². The highest BCUT2D eigenvalue weighted by Gasteiger charge is 2.24. The van der Waals surface area contributed by atoms with Gasteiger partial charge in [-0.15, -0.1) is 0 Å². The van der Waals surface area contributed by atoms with Gasteiger partial charge < -0.3 is 15.5 Å². The van der Waals surface area contributed by atoms with Crippen LogP contribution < -0.4 is 5.32 Å². The fourth-order valence-corrected chi connectivity index (χ4v) is 3.63. The molecule has 1 amide bonds. The molecule has 3 aromatic rings. The minimum Gasteiger partial charge on any atom is -0.506 e. The fraction of sp³-hybridized carbons (Fsp3) is 0.160. The van der Waals surface area contributed by atoms with Crippen LogP contribution in [-0.4, -0.2) is 46.0 Å². The van der Waals surface area contributed by atoms with Crippen LogP contribution in [0.2, 0.25) is 0 Å². The molecule has 4 rings (SSSR count). The Morgan fingerprint density at radius 3 is 2.61 bits per heavy atom. The third kappa shape index (κ3) is 4.96. The molecule has 0 fully saturated rings. The van der Waals surface area contributed by atoms with E-state index in [0.717, 1.165) is 11.1 Å². The number of amides is 1. The Kier molecular flexibility index (Phi) is 6.55. The first-order valence-corrected chi connectivity index (χ1v) is 10.3. The van der Waals surface area contributed by atoms with Gasteiger partial charge in [0.25, 0.3) is 5.91 Å². The van der Waals surface area contributed by atoms with E-state index >= 15 is 0 Å². The molecule has 2 heterocycles. The van der Waals surface area contributed by atoms with Crippen LogP contribution in [0.3, 0.4) is 0 Å². The zero-order chi connectivity index (χ0) is 23.4. The molecule has 1 atom stereocenters. The Hall–Kier alpha value is -3.91. The number of aliphatic hydroxyl groups excluding tert-OH is 1. The standard InChI is InChI=1S/C25H21F2N3O3/c26-17-8-6-15(7-9-17)16-11-22(29-13-16)24-19(3-1-4-20(24)27)25(33)30-18(14-31)12-21-23(32)5-2-10-28-21/h1-11,18,31-32H,12-14H2,(H,30,33)/t18-/m1/s1. The number of aliphatic hydroxyl groups is 1. The summed E-state index contributed by atoms with van der Waals surface area (Å²) in [7, 11) is 0. The van der Waals surface area contributed by atoms with Gasteiger partial charge in [0.15, 0.2) is 0 Å². The van der Waals surface area contributed by atoms with Gasteiger partial charge >= 0.3 is 0 Å². The Morgan fingerprint density at radius 2 is 1.88 bits per heavy atom. The number of nitrogens with one attached hydrogen (secondary N) is 1. The van der Waals surface area contributed by atoms with Crippen LogP contribution in [0.15, 0.2) is 71.9 Å². The lowest BCUT2D eigenvalue weighted by molar-refractivity contribution is 0.0915. The maximum atomic E-state index is 14.8. The van der Waals surface area contributed by atoms with Crippen molar-refractivity contribution >= 4 is 17.2 Å². The van der Waals surface area contributed by atoms with Crippen molar-refractivity contribution in [2.45, 2.75) is 12.5 Å². The molecule has 0 saturated heterocycles. The summed E-state index contributed by atoms with van der Waals surface area (Å²) in [5.41, 5.74) is 2.27. The number of nitrogens with zero attached hydrogens (tertiary/aromatic N) is 2. The second-order valence-electron chi connectivity index (χ2n) is 7.57. The summed E-state index contributed by atoms with van der Waals surface area (Å²) in [6.07, 6.45) is 3.27. The SMILES string of the molecule is O=C(N[C@@H](CO)Cc1ncccc1O)c1cccc(F)c1C1=NCC(c2ccc(F)cc2)=C1. The first-order valence-electron chi connectivity index (χ1n) is 10.3. The Balaban J connectivity index is 1.58. The highest BCUT2D eigenvalue weighted by molar-refractivity contribution is 6.19. The second kappa shape index (κ2) is 9.70. The van der Waals surface area contributed by atoms with Crippen molar-refractivity contribution in [1.29, 1.82) is 0 Å². The smallest absolute Gasteiger partial charge is 0.252 e. The van der Waals surface area contributed by atoms with Crippen molar-refractivity contribution in [3.8, 4) is 5.75 Å². The minimum atomic E-state index is -0.745. The summed E-state index contributed by atoms with van der Waals surface area (Å²) in [5.74, 6) is -1.61. The summed E-state index contributed by atoms with van der Waals surface area (Å²) >= 11 is 0. The fourth-order valence-electron chi connectivity index (χ4n) is 3.63. The van der Waals surface area contributed by atoms with Gasteiger partial charge in [-0.1, -0.05) is 18.2 Å². The van der Waals surface area contributed by atoms with Gasteiger partial charge in [-0.3, -0.25) is 14.8 Å². The van der Waals surface area contributed by atoms with E-state index in [1.54, 1.807) is 24.3 Å². The van der Waals surface area contributed by atoms with Crippen LogP contribution in [0, 0.1) is 11.6 Å². The number of carbonyl (C=O) groups is 1. The average Bonchev–Trinajstić information content (AvgIpc) is 3.30. The molecule has 1 aromatic heterocycles. The van der Waals surface area contributed by atoms with Gasteiger partial charge in [-0.25, -0.2) is 8.78 Å². The third-order valence-electron chi connectivity index (χ3n) is 5.32. The van der Waals surface area contributed by atoms with E-state index in [1.807, 2.05) is 0 Å². The topological polar surface area (TPSA) is 94.8 Å². The molecule has 168 valence electrons. The quantitative estimate of drug-likeness (QED) is 0.516. The summed E-state index contributed by atoms with van der Waals surface area (Å²) in [6, 6.07) is 12.3. The van der Waals surface area contributed by atoms with Gasteiger partial charge in [0.05, 0.1) is 36.2 Å². The van der Waals surface area contributed by atoms with Gasteiger partial charge in [0.1, 0.15) is 17.4 Å². The second-order valence-corrected chi connectivity index (χ2v) is 7.57. The van der Waals surface area contributed by atoms with Gasteiger partial charge in [0, 0.05) is 18.2 Å². The van der Waals surface area contributed by atoms with Crippen LogP contribution >= 0.6 is 0 Å². The Morgan fingerprint density at radius 1 is 1.09 bits per heavy atom. The van der Waals surface area contributed by atoms with Crippen molar-refractivity contribution < 1.29 is 23.8 Å². The molecule has 8 heteroatoms. The summed E-state index contributed by atoms with van der Waals surface area (Å²) in [4.78, 5) is 21.5. The van der Waals surface area contributed by atoms with E-state index in [-0.39, 0.29) is 35.7 Å². The number of allylic oxidation sites excluding steroid dienone is 1. The summed E-state index contributed by atoms with van der Waals surface area (Å²) in [6.45, 7) is -0.128. The van der Waals surface area contributed by atoms with Crippen molar-refractivity contribution in [2.24, 2.45) is 4.99 Å². The third-order valence-corrected chi connectivity index (χ3v) is 5.32. The number of rotatable bonds is 7. The number of benzene rings is 2. The van der Waals surface area contributed by atoms with Gasteiger partial charge in [-0.05, 0) is 53.6 Å². The van der Waals surface area contributed by atoms with E-state index in [1.165, 1.54) is 42.6 Å². The Bertz CT molecular complexity index is 1240. The molecule has 0 saturated carbocycles. The predicted molar refractivity (Wildman–Crippen MR) is 120 cm³/mol. The molecule has 1 aliphatic rings. The van der Waals surface area contributed by atoms with Crippen LogP contribution in [0.5, 0.6) is 5.75 Å². The van der Waals surface area contributed by atoms with E-state index in [4.69, 9.17) is 0 Å². The number of hydrogen-bond donors (Lipinski definition) is 3. The number of aromatic nitrogens is 1. The maximum Gasteiger partial charge on any atom is 0.252 e. The van der Waals surface area contributed by atoms with Crippen LogP contribution in [0.25, 0.3) is 5.57 Å². The molecule has 33 heavy (non-hydrogen) atoms. The molecule has 3 N–H and O–H groups in total. The first-order chi connectivity index (χ1) is 16.0. The first kappa shape index (κ1) is 22.3. The minimum absolute atomic E-state index is 0.0458. The van der Waals surface area contributed by atoms with Crippen molar-refractivity contribution in [2.75, 3.05) is 13.2 Å². The zero-order valence-electron chi connectivity index (χ0n) is 17.5. The molecule has 2 aromatic carbocycles. The number of carbonyl (C=O) groups excluding carboxylic acids is 1. The molecule has 0 aliphatic carbocycles. The number of halogens is 2. The van der Waals surface area contributed by atoms with Gasteiger partial charge in [-0.2, -0.15) is 0 Å². The number of hydrogen-bond acceptors (Lipinski definition) is 5. The summed E-state index contributed by atoms with van der Waals surface area (Å²) in [5, 5.41) is 22.3. The highest BCUT2D eigenvalue weighted by atomic mass is 19.1. The zero-order valence-corrected chi connectivity index (χ0v) is 17.5. The lowest BCUT2D eigenvalue weighted by Gasteiger charge is -2.18. The molecular weight excluding hydrogens is 428 g/mol. The Labute approximate surface area is 189 Å². The molecule has 1 aliphatic heterocycles.